The van der Waals surface area contributed by atoms with E-state index in [1.54, 1.807) is 6.92 Å². The van der Waals surface area contributed by atoms with Gasteiger partial charge in [0, 0.05) is 23.5 Å². The Morgan fingerprint density at radius 1 is 0.944 bits per heavy atom. The summed E-state index contributed by atoms with van der Waals surface area (Å²) in [5.74, 6) is -0.983. The van der Waals surface area contributed by atoms with Crippen LogP contribution in [0.3, 0.4) is 0 Å². The molecule has 5 nitrogen and oxygen atoms in total. The number of aliphatic hydroxyl groups is 1. The van der Waals surface area contributed by atoms with Gasteiger partial charge in [-0.25, -0.2) is 0 Å². The summed E-state index contributed by atoms with van der Waals surface area (Å²) in [5.41, 5.74) is 3.05. The van der Waals surface area contributed by atoms with Crippen LogP contribution in [0.15, 0.2) is 101 Å². The van der Waals surface area contributed by atoms with Crippen LogP contribution in [0.1, 0.15) is 56.2 Å². The monoisotopic (exact) mass is 482 g/mol. The normalized spacial score (nSPS) is 22.9. The molecule has 4 rings (SSSR count). The molecular weight excluding hydrogens is 448 g/mol. The molecule has 0 heterocycles. The van der Waals surface area contributed by atoms with E-state index in [4.69, 9.17) is 9.84 Å². The summed E-state index contributed by atoms with van der Waals surface area (Å²) in [4.78, 5) is 13.5. The number of hydrogen-bond acceptors (Lipinski definition) is 5. The van der Waals surface area contributed by atoms with Crippen LogP contribution in [0, 0.1) is 11.8 Å². The summed E-state index contributed by atoms with van der Waals surface area (Å²) in [7, 11) is 0. The van der Waals surface area contributed by atoms with E-state index in [1.807, 2.05) is 105 Å². The van der Waals surface area contributed by atoms with Crippen LogP contribution in [0.2, 0.25) is 0 Å². The molecule has 186 valence electrons. The van der Waals surface area contributed by atoms with Crippen molar-refractivity contribution in [1.29, 1.82) is 0 Å². The van der Waals surface area contributed by atoms with Gasteiger partial charge in [0.2, 0.25) is 0 Å². The Kier molecular flexibility index (Phi) is 8.11. The van der Waals surface area contributed by atoms with E-state index in [9.17, 15) is 9.90 Å². The lowest BCUT2D eigenvalue weighted by molar-refractivity contribution is -0.149. The van der Waals surface area contributed by atoms with Crippen molar-refractivity contribution >= 4 is 17.4 Å². The van der Waals surface area contributed by atoms with Crippen molar-refractivity contribution in [3.05, 3.63) is 108 Å². The van der Waals surface area contributed by atoms with Gasteiger partial charge in [-0.05, 0) is 24.8 Å². The number of rotatable bonds is 7. The number of carbonyl (C=O) groups is 1. The summed E-state index contributed by atoms with van der Waals surface area (Å²) < 4.78 is 5.72. The first-order valence-electron chi connectivity index (χ1n) is 12.5. The molecule has 3 atom stereocenters. The number of benzene rings is 3. The molecule has 1 fully saturated rings. The Labute approximate surface area is 213 Å². The average molecular weight is 483 g/mol. The Bertz CT molecular complexity index is 1160. The molecular formula is C31H34N2O3. The fraction of sp³-hybridized carbons (Fsp3) is 0.323. The van der Waals surface area contributed by atoms with Gasteiger partial charge in [0.1, 0.15) is 11.6 Å². The fourth-order valence-corrected chi connectivity index (χ4v) is 4.73. The van der Waals surface area contributed by atoms with E-state index in [0.717, 1.165) is 16.7 Å². The van der Waals surface area contributed by atoms with E-state index in [2.05, 4.69) is 5.10 Å². The molecule has 0 spiro atoms. The third kappa shape index (κ3) is 6.35. The number of nitrogens with zero attached hydrogens (tertiary/aromatic N) is 2. The quantitative estimate of drug-likeness (QED) is 0.254. The van der Waals surface area contributed by atoms with E-state index < -0.39 is 11.5 Å². The molecule has 1 N–H and O–H groups in total. The fourth-order valence-electron chi connectivity index (χ4n) is 4.73. The van der Waals surface area contributed by atoms with Gasteiger partial charge >= 0.3 is 5.97 Å². The van der Waals surface area contributed by atoms with Gasteiger partial charge in [-0.1, -0.05) is 105 Å². The Morgan fingerprint density at radius 2 is 1.47 bits per heavy atom. The summed E-state index contributed by atoms with van der Waals surface area (Å²) in [5, 5.41) is 20.6. The van der Waals surface area contributed by atoms with Gasteiger partial charge in [-0.3, -0.25) is 4.79 Å². The minimum Gasteiger partial charge on any atom is -0.465 e. The lowest BCUT2D eigenvalue weighted by atomic mass is 9.68. The van der Waals surface area contributed by atoms with Gasteiger partial charge in [-0.15, -0.1) is 5.10 Å². The predicted molar refractivity (Wildman–Crippen MR) is 144 cm³/mol. The molecule has 0 aromatic heterocycles. The van der Waals surface area contributed by atoms with Crippen LogP contribution >= 0.6 is 0 Å². The van der Waals surface area contributed by atoms with Crippen molar-refractivity contribution in [2.24, 2.45) is 22.0 Å². The molecule has 0 radical (unpaired) electrons. The van der Waals surface area contributed by atoms with Crippen molar-refractivity contribution in [3.63, 3.8) is 0 Å². The molecule has 0 aliphatic heterocycles. The summed E-state index contributed by atoms with van der Waals surface area (Å²) in [6.07, 6.45) is 0.684. The highest BCUT2D eigenvalue weighted by Crippen LogP contribution is 2.42. The Morgan fingerprint density at radius 3 is 2.00 bits per heavy atom. The minimum absolute atomic E-state index is 0.219. The number of ether oxygens (including phenoxy) is 1. The summed E-state index contributed by atoms with van der Waals surface area (Å²) in [6.45, 7) is 6.16. The molecule has 1 aliphatic rings. The molecule has 3 aromatic rings. The topological polar surface area (TPSA) is 71.2 Å². The van der Waals surface area contributed by atoms with Crippen LogP contribution in [0.25, 0.3) is 0 Å². The van der Waals surface area contributed by atoms with Crippen molar-refractivity contribution in [1.82, 2.24) is 0 Å². The zero-order chi connectivity index (χ0) is 25.5. The smallest absolute Gasteiger partial charge is 0.315 e. The summed E-state index contributed by atoms with van der Waals surface area (Å²) in [6, 6.07) is 29.6. The molecule has 3 aromatic carbocycles. The second-order valence-corrected chi connectivity index (χ2v) is 10.2. The maximum absolute atomic E-state index is 13.5. The number of esters is 1. The third-order valence-electron chi connectivity index (χ3n) is 6.40. The molecule has 1 aliphatic carbocycles. The third-order valence-corrected chi connectivity index (χ3v) is 6.40. The molecule has 1 saturated carbocycles. The van der Waals surface area contributed by atoms with Gasteiger partial charge < -0.3 is 9.84 Å². The Balaban J connectivity index is 1.81. The maximum Gasteiger partial charge on any atom is 0.315 e. The summed E-state index contributed by atoms with van der Waals surface area (Å²) >= 11 is 0. The van der Waals surface area contributed by atoms with Gasteiger partial charge in [0.05, 0.1) is 17.9 Å². The average Bonchev–Trinajstić information content (AvgIpc) is 2.88. The first-order chi connectivity index (χ1) is 17.3. The van der Waals surface area contributed by atoms with E-state index in [-0.39, 0.29) is 24.2 Å². The van der Waals surface area contributed by atoms with E-state index in [1.165, 1.54) is 0 Å². The molecule has 0 unspecified atom stereocenters. The second kappa shape index (κ2) is 11.4. The van der Waals surface area contributed by atoms with E-state index >= 15 is 0 Å². The zero-order valence-corrected chi connectivity index (χ0v) is 21.2. The largest absolute Gasteiger partial charge is 0.465 e. The SMILES string of the molecule is CC(C)COC(=O)[C@@H]1/C(=N\N=C(c2ccccc2)c2ccccc2)C[C@@](C)(O)C[C@@H]1c1ccccc1. The van der Waals surface area contributed by atoms with Crippen molar-refractivity contribution in [3.8, 4) is 0 Å². The van der Waals surface area contributed by atoms with Crippen LogP contribution in [0.4, 0.5) is 0 Å². The zero-order valence-electron chi connectivity index (χ0n) is 21.2. The molecule has 5 heteroatoms. The highest BCUT2D eigenvalue weighted by molar-refractivity contribution is 6.13. The maximum atomic E-state index is 13.5. The Hall–Kier alpha value is -3.57. The molecule has 0 amide bonds. The predicted octanol–water partition coefficient (Wildman–Crippen LogP) is 6.02. The van der Waals surface area contributed by atoms with Crippen LogP contribution < -0.4 is 0 Å². The van der Waals surface area contributed by atoms with E-state index in [0.29, 0.717) is 24.5 Å². The van der Waals surface area contributed by atoms with Crippen molar-refractivity contribution in [2.75, 3.05) is 6.61 Å². The second-order valence-electron chi connectivity index (χ2n) is 10.2. The van der Waals surface area contributed by atoms with Crippen LogP contribution in [0.5, 0.6) is 0 Å². The molecule has 0 bridgehead atoms. The molecule has 36 heavy (non-hydrogen) atoms. The highest BCUT2D eigenvalue weighted by atomic mass is 16.5. The van der Waals surface area contributed by atoms with Crippen LogP contribution in [-0.4, -0.2) is 34.7 Å². The van der Waals surface area contributed by atoms with Crippen molar-refractivity contribution in [2.45, 2.75) is 45.1 Å². The number of hydrogen-bond donors (Lipinski definition) is 1. The minimum atomic E-state index is -1.02. The van der Waals surface area contributed by atoms with Crippen LogP contribution in [-0.2, 0) is 9.53 Å². The lowest BCUT2D eigenvalue weighted by Crippen LogP contribution is -2.45. The van der Waals surface area contributed by atoms with Gasteiger partial charge in [0.25, 0.3) is 0 Å². The van der Waals surface area contributed by atoms with Crippen molar-refractivity contribution < 1.29 is 14.6 Å². The number of carbonyl (C=O) groups excluding carboxylic acids is 1. The highest BCUT2D eigenvalue weighted by Gasteiger charge is 2.45. The van der Waals surface area contributed by atoms with Gasteiger partial charge in [0.15, 0.2) is 0 Å². The standard InChI is InChI=1S/C31H34N2O3/c1-22(2)21-36-30(34)28-26(23-13-7-4-8-14-23)19-31(3,35)20-27(28)32-33-29(24-15-9-5-10-16-24)25-17-11-6-12-18-25/h4-18,22,26,28,35H,19-21H2,1-3H3/b32-27-/t26-,28+,31+/m1/s1. The lowest BCUT2D eigenvalue weighted by Gasteiger charge is -2.39. The first kappa shape index (κ1) is 25.5. The molecule has 0 saturated heterocycles. The van der Waals surface area contributed by atoms with Gasteiger partial charge in [-0.2, -0.15) is 5.10 Å². The first-order valence-corrected chi connectivity index (χ1v) is 12.5.